The lowest BCUT2D eigenvalue weighted by Crippen LogP contribution is -2.17. The predicted molar refractivity (Wildman–Crippen MR) is 80.2 cm³/mol. The maximum absolute atomic E-state index is 5.79. The highest BCUT2D eigenvalue weighted by molar-refractivity contribution is 9.10. The fraction of sp³-hybridized carbons (Fsp3) is 0.571. The Morgan fingerprint density at radius 3 is 2.67 bits per heavy atom. The molecule has 0 aromatic heterocycles. The van der Waals surface area contributed by atoms with Gasteiger partial charge in [-0.05, 0) is 67.5 Å². The SMILES string of the molecule is CC(N)Cc1ccc(OCCCN(C)C)c(Br)c1. The van der Waals surface area contributed by atoms with E-state index < -0.39 is 0 Å². The summed E-state index contributed by atoms with van der Waals surface area (Å²) in [5.74, 6) is 0.905. The molecule has 3 nitrogen and oxygen atoms in total. The summed E-state index contributed by atoms with van der Waals surface area (Å²) in [6.45, 7) is 3.80. The molecule has 0 fully saturated rings. The molecule has 1 atom stereocenters. The summed E-state index contributed by atoms with van der Waals surface area (Å²) in [6, 6.07) is 6.36. The lowest BCUT2D eigenvalue weighted by molar-refractivity contribution is 0.280. The van der Waals surface area contributed by atoms with Gasteiger partial charge in [0.15, 0.2) is 0 Å². The number of nitrogens with two attached hydrogens (primary N) is 1. The Balaban J connectivity index is 2.47. The summed E-state index contributed by atoms with van der Waals surface area (Å²) >= 11 is 3.54. The number of hydrogen-bond donors (Lipinski definition) is 1. The fourth-order valence-electron chi connectivity index (χ4n) is 1.72. The summed E-state index contributed by atoms with van der Waals surface area (Å²) in [6.07, 6.45) is 1.92. The second kappa shape index (κ2) is 7.77. The van der Waals surface area contributed by atoms with Crippen molar-refractivity contribution in [3.8, 4) is 5.75 Å². The van der Waals surface area contributed by atoms with Gasteiger partial charge < -0.3 is 15.4 Å². The van der Waals surface area contributed by atoms with Gasteiger partial charge in [-0.2, -0.15) is 0 Å². The zero-order chi connectivity index (χ0) is 13.5. The Morgan fingerprint density at radius 2 is 2.11 bits per heavy atom. The molecule has 102 valence electrons. The van der Waals surface area contributed by atoms with Gasteiger partial charge in [-0.25, -0.2) is 0 Å². The van der Waals surface area contributed by atoms with E-state index in [1.807, 2.05) is 13.0 Å². The smallest absolute Gasteiger partial charge is 0.133 e. The topological polar surface area (TPSA) is 38.5 Å². The number of ether oxygens (including phenoxy) is 1. The van der Waals surface area contributed by atoms with Gasteiger partial charge in [0.2, 0.25) is 0 Å². The average molecular weight is 315 g/mol. The van der Waals surface area contributed by atoms with E-state index in [9.17, 15) is 0 Å². The average Bonchev–Trinajstić information content (AvgIpc) is 2.25. The third-order valence-electron chi connectivity index (χ3n) is 2.56. The van der Waals surface area contributed by atoms with Gasteiger partial charge in [-0.1, -0.05) is 6.07 Å². The van der Waals surface area contributed by atoms with Gasteiger partial charge in [0.05, 0.1) is 11.1 Å². The van der Waals surface area contributed by atoms with Gasteiger partial charge >= 0.3 is 0 Å². The quantitative estimate of drug-likeness (QED) is 0.786. The highest BCUT2D eigenvalue weighted by Gasteiger charge is 2.04. The summed E-state index contributed by atoms with van der Waals surface area (Å²) < 4.78 is 6.75. The van der Waals surface area contributed by atoms with E-state index in [0.29, 0.717) is 0 Å². The lowest BCUT2D eigenvalue weighted by Gasteiger charge is -2.12. The normalized spacial score (nSPS) is 12.8. The number of halogens is 1. The van der Waals surface area contributed by atoms with Crippen LogP contribution in [0.5, 0.6) is 5.75 Å². The van der Waals surface area contributed by atoms with Gasteiger partial charge in [-0.3, -0.25) is 0 Å². The van der Waals surface area contributed by atoms with Crippen LogP contribution >= 0.6 is 15.9 Å². The lowest BCUT2D eigenvalue weighted by atomic mass is 10.1. The Hall–Kier alpha value is -0.580. The minimum absolute atomic E-state index is 0.184. The molecular weight excluding hydrogens is 292 g/mol. The molecule has 0 aliphatic rings. The van der Waals surface area contributed by atoms with Crippen molar-refractivity contribution >= 4 is 15.9 Å². The van der Waals surface area contributed by atoms with E-state index in [0.717, 1.165) is 36.2 Å². The van der Waals surface area contributed by atoms with Crippen molar-refractivity contribution in [2.24, 2.45) is 5.73 Å². The molecule has 4 heteroatoms. The molecule has 0 bridgehead atoms. The molecule has 0 aliphatic heterocycles. The standard InChI is InChI=1S/C14H23BrN2O/c1-11(16)9-12-5-6-14(13(15)10-12)18-8-4-7-17(2)3/h5-6,10-11H,4,7-9,16H2,1-3H3. The monoisotopic (exact) mass is 314 g/mol. The summed E-state index contributed by atoms with van der Waals surface area (Å²) in [5.41, 5.74) is 7.02. The van der Waals surface area contributed by atoms with Crippen molar-refractivity contribution in [3.05, 3.63) is 28.2 Å². The van der Waals surface area contributed by atoms with Crippen LogP contribution in [0, 0.1) is 0 Å². The van der Waals surface area contributed by atoms with E-state index >= 15 is 0 Å². The highest BCUT2D eigenvalue weighted by atomic mass is 79.9. The Labute approximate surface area is 118 Å². The van der Waals surface area contributed by atoms with Gasteiger partial charge in [-0.15, -0.1) is 0 Å². The maximum Gasteiger partial charge on any atom is 0.133 e. The first kappa shape index (κ1) is 15.5. The van der Waals surface area contributed by atoms with E-state index in [2.05, 4.69) is 47.1 Å². The number of rotatable bonds is 7. The Morgan fingerprint density at radius 1 is 1.39 bits per heavy atom. The van der Waals surface area contributed by atoms with Crippen LogP contribution in [0.25, 0.3) is 0 Å². The van der Waals surface area contributed by atoms with Crippen molar-refractivity contribution in [2.75, 3.05) is 27.2 Å². The minimum atomic E-state index is 0.184. The molecule has 0 spiro atoms. The third kappa shape index (κ3) is 5.85. The molecule has 0 saturated heterocycles. The van der Waals surface area contributed by atoms with Crippen LogP contribution < -0.4 is 10.5 Å². The van der Waals surface area contributed by atoms with E-state index in [1.54, 1.807) is 0 Å². The van der Waals surface area contributed by atoms with Crippen molar-refractivity contribution in [2.45, 2.75) is 25.8 Å². The molecular formula is C14H23BrN2O. The molecule has 18 heavy (non-hydrogen) atoms. The molecule has 1 aromatic rings. The summed E-state index contributed by atoms with van der Waals surface area (Å²) in [7, 11) is 4.14. The van der Waals surface area contributed by atoms with Gasteiger partial charge in [0.25, 0.3) is 0 Å². The van der Waals surface area contributed by atoms with E-state index in [1.165, 1.54) is 5.56 Å². The Kier molecular flexibility index (Phi) is 6.68. The fourth-order valence-corrected chi connectivity index (χ4v) is 2.26. The minimum Gasteiger partial charge on any atom is -0.492 e. The highest BCUT2D eigenvalue weighted by Crippen LogP contribution is 2.26. The molecule has 1 rings (SSSR count). The molecule has 1 aromatic carbocycles. The van der Waals surface area contributed by atoms with Crippen LogP contribution in [0.2, 0.25) is 0 Å². The largest absolute Gasteiger partial charge is 0.492 e. The zero-order valence-corrected chi connectivity index (χ0v) is 13.0. The molecule has 1 unspecified atom stereocenters. The van der Waals surface area contributed by atoms with Crippen molar-refractivity contribution in [1.82, 2.24) is 4.90 Å². The van der Waals surface area contributed by atoms with Crippen LogP contribution in [-0.2, 0) is 6.42 Å². The van der Waals surface area contributed by atoms with Crippen molar-refractivity contribution in [1.29, 1.82) is 0 Å². The molecule has 2 N–H and O–H groups in total. The molecule has 0 aliphatic carbocycles. The van der Waals surface area contributed by atoms with Gasteiger partial charge in [0, 0.05) is 12.6 Å². The third-order valence-corrected chi connectivity index (χ3v) is 3.18. The van der Waals surface area contributed by atoms with Crippen molar-refractivity contribution < 1.29 is 4.74 Å². The first-order valence-corrected chi connectivity index (χ1v) is 7.10. The van der Waals surface area contributed by atoms with E-state index in [4.69, 9.17) is 10.5 Å². The molecule has 0 radical (unpaired) electrons. The number of benzene rings is 1. The number of nitrogens with zero attached hydrogens (tertiary/aromatic N) is 1. The summed E-state index contributed by atoms with van der Waals surface area (Å²) in [4.78, 5) is 2.16. The van der Waals surface area contributed by atoms with Crippen molar-refractivity contribution in [3.63, 3.8) is 0 Å². The predicted octanol–water partition coefficient (Wildman–Crippen LogP) is 2.67. The van der Waals surface area contributed by atoms with Crippen LogP contribution in [0.1, 0.15) is 18.9 Å². The first-order valence-electron chi connectivity index (χ1n) is 6.30. The number of hydrogen-bond acceptors (Lipinski definition) is 3. The molecule has 0 heterocycles. The first-order chi connectivity index (χ1) is 8.49. The summed E-state index contributed by atoms with van der Waals surface area (Å²) in [5, 5.41) is 0. The molecule has 0 saturated carbocycles. The molecule has 0 amide bonds. The second-order valence-corrected chi connectivity index (χ2v) is 5.81. The Bertz CT molecular complexity index is 367. The van der Waals surface area contributed by atoms with Crippen LogP contribution in [0.3, 0.4) is 0 Å². The maximum atomic E-state index is 5.79. The van der Waals surface area contributed by atoms with E-state index in [-0.39, 0.29) is 6.04 Å². The zero-order valence-electron chi connectivity index (χ0n) is 11.4. The second-order valence-electron chi connectivity index (χ2n) is 4.95. The van der Waals surface area contributed by atoms with Gasteiger partial charge in [0.1, 0.15) is 5.75 Å². The van der Waals surface area contributed by atoms with Crippen LogP contribution in [0.4, 0.5) is 0 Å². The van der Waals surface area contributed by atoms with Crippen LogP contribution in [-0.4, -0.2) is 38.2 Å². The van der Waals surface area contributed by atoms with Crippen LogP contribution in [0.15, 0.2) is 22.7 Å².